The van der Waals surface area contributed by atoms with Gasteiger partial charge in [-0.1, -0.05) is 0 Å². The third kappa shape index (κ3) is 4.79. The van der Waals surface area contributed by atoms with Crippen LogP contribution in [0.5, 0.6) is 12.0 Å². The molecule has 17 heavy (non-hydrogen) atoms. The number of nitrogens with zero attached hydrogens (tertiary/aromatic N) is 3. The molecule has 3 N–H and O–H groups in total. The minimum atomic E-state index is -0.0464. The Morgan fingerprint density at radius 2 is 1.88 bits per heavy atom. The van der Waals surface area contributed by atoms with Gasteiger partial charge < -0.3 is 14.2 Å². The molecular formula is C9H17N5O3. The van der Waals surface area contributed by atoms with Crippen LogP contribution in [0.15, 0.2) is 0 Å². The van der Waals surface area contributed by atoms with Gasteiger partial charge in [0.15, 0.2) is 0 Å². The number of nitrogens with two attached hydrogens (primary N) is 1. The van der Waals surface area contributed by atoms with Gasteiger partial charge in [-0.25, -0.2) is 5.84 Å². The van der Waals surface area contributed by atoms with Crippen LogP contribution in [0.3, 0.4) is 0 Å². The topological polar surface area (TPSA) is 104 Å². The zero-order chi connectivity index (χ0) is 12.7. The fourth-order valence-electron chi connectivity index (χ4n) is 0.947. The molecule has 1 rings (SSSR count). The van der Waals surface area contributed by atoms with Crippen LogP contribution in [0.1, 0.15) is 13.8 Å². The van der Waals surface area contributed by atoms with Gasteiger partial charge in [-0.15, -0.1) is 4.98 Å². The lowest BCUT2D eigenvalue weighted by Crippen LogP contribution is -2.16. The van der Waals surface area contributed by atoms with Crippen molar-refractivity contribution < 1.29 is 14.2 Å². The summed E-state index contributed by atoms with van der Waals surface area (Å²) in [6.45, 7) is 4.51. The van der Waals surface area contributed by atoms with Crippen LogP contribution in [0.4, 0.5) is 5.95 Å². The van der Waals surface area contributed by atoms with Crippen LogP contribution in [0.25, 0.3) is 0 Å². The molecule has 0 spiro atoms. The maximum Gasteiger partial charge on any atom is 0.324 e. The number of ether oxygens (including phenoxy) is 3. The Morgan fingerprint density at radius 3 is 2.47 bits per heavy atom. The third-order valence-electron chi connectivity index (χ3n) is 1.58. The Morgan fingerprint density at radius 1 is 1.18 bits per heavy atom. The molecule has 0 bridgehead atoms. The Kier molecular flexibility index (Phi) is 5.37. The molecule has 0 atom stereocenters. The predicted octanol–water partition coefficient (Wildman–Crippen LogP) is -0.0304. The number of anilines is 1. The number of aromatic nitrogens is 3. The molecular weight excluding hydrogens is 226 g/mol. The summed E-state index contributed by atoms with van der Waals surface area (Å²) < 4.78 is 15.4. The molecule has 0 saturated heterocycles. The molecule has 0 aromatic carbocycles. The first-order chi connectivity index (χ1) is 8.15. The molecule has 0 radical (unpaired) electrons. The Labute approximate surface area is 99.5 Å². The fourth-order valence-corrected chi connectivity index (χ4v) is 0.947. The predicted molar refractivity (Wildman–Crippen MR) is 60.8 cm³/mol. The molecule has 8 nitrogen and oxygen atoms in total. The first-order valence-corrected chi connectivity index (χ1v) is 5.16. The van der Waals surface area contributed by atoms with E-state index < -0.39 is 0 Å². The minimum Gasteiger partial charge on any atom is -0.461 e. The highest BCUT2D eigenvalue weighted by Crippen LogP contribution is 2.13. The minimum absolute atomic E-state index is 0.0464. The van der Waals surface area contributed by atoms with Crippen molar-refractivity contribution in [2.24, 2.45) is 5.84 Å². The van der Waals surface area contributed by atoms with Gasteiger partial charge in [0.25, 0.3) is 0 Å². The monoisotopic (exact) mass is 243 g/mol. The molecule has 0 aliphatic carbocycles. The van der Waals surface area contributed by atoms with E-state index in [0.29, 0.717) is 13.2 Å². The second-order valence-corrected chi connectivity index (χ2v) is 3.38. The lowest BCUT2D eigenvalue weighted by Gasteiger charge is -2.10. The highest BCUT2D eigenvalue weighted by molar-refractivity contribution is 5.25. The molecule has 96 valence electrons. The van der Waals surface area contributed by atoms with Crippen molar-refractivity contribution in [3.8, 4) is 12.0 Å². The molecule has 0 saturated carbocycles. The van der Waals surface area contributed by atoms with Gasteiger partial charge in [0.2, 0.25) is 5.95 Å². The van der Waals surface area contributed by atoms with Gasteiger partial charge in [0, 0.05) is 7.11 Å². The zero-order valence-electron chi connectivity index (χ0n) is 10.1. The van der Waals surface area contributed by atoms with Gasteiger partial charge >= 0.3 is 12.0 Å². The number of rotatable bonds is 7. The highest BCUT2D eigenvalue weighted by atomic mass is 16.5. The molecule has 8 heteroatoms. The van der Waals surface area contributed by atoms with Crippen LogP contribution in [0.2, 0.25) is 0 Å². The van der Waals surface area contributed by atoms with E-state index in [4.69, 9.17) is 20.1 Å². The second-order valence-electron chi connectivity index (χ2n) is 3.38. The molecule has 0 unspecified atom stereocenters. The molecule has 0 fully saturated rings. The average Bonchev–Trinajstić information content (AvgIpc) is 2.28. The van der Waals surface area contributed by atoms with Gasteiger partial charge in [0.1, 0.15) is 6.61 Å². The number of methoxy groups -OCH3 is 1. The summed E-state index contributed by atoms with van der Waals surface area (Å²) in [4.78, 5) is 11.8. The summed E-state index contributed by atoms with van der Waals surface area (Å²) in [5, 5.41) is 0. The van der Waals surface area contributed by atoms with E-state index in [1.807, 2.05) is 13.8 Å². The van der Waals surface area contributed by atoms with Gasteiger partial charge in [0.05, 0.1) is 12.7 Å². The van der Waals surface area contributed by atoms with Crippen molar-refractivity contribution >= 4 is 5.95 Å². The van der Waals surface area contributed by atoms with Crippen LogP contribution < -0.4 is 20.7 Å². The zero-order valence-corrected chi connectivity index (χ0v) is 10.1. The molecule has 0 aliphatic heterocycles. The maximum atomic E-state index is 5.33. The maximum absolute atomic E-state index is 5.33. The van der Waals surface area contributed by atoms with E-state index >= 15 is 0 Å². The van der Waals surface area contributed by atoms with Crippen LogP contribution in [0, 0.1) is 0 Å². The SMILES string of the molecule is COCCOc1nc(NN)nc(OC(C)C)n1. The van der Waals surface area contributed by atoms with Crippen molar-refractivity contribution in [2.45, 2.75) is 20.0 Å². The summed E-state index contributed by atoms with van der Waals surface area (Å²) in [5.74, 6) is 5.42. The Hall–Kier alpha value is -1.67. The number of hydrogen-bond donors (Lipinski definition) is 2. The fraction of sp³-hybridized carbons (Fsp3) is 0.667. The first kappa shape index (κ1) is 13.4. The number of hydrogen-bond acceptors (Lipinski definition) is 8. The molecule has 1 aromatic rings. The largest absolute Gasteiger partial charge is 0.461 e. The Balaban J connectivity index is 2.74. The van der Waals surface area contributed by atoms with Crippen LogP contribution in [-0.2, 0) is 4.74 Å². The van der Waals surface area contributed by atoms with Crippen LogP contribution in [-0.4, -0.2) is 41.4 Å². The van der Waals surface area contributed by atoms with E-state index in [1.54, 1.807) is 7.11 Å². The summed E-state index contributed by atoms with van der Waals surface area (Å²) in [5.41, 5.74) is 2.32. The standard InChI is InChI=1S/C9H17N5O3/c1-6(2)17-9-12-7(14-10)11-8(13-9)16-5-4-15-3/h6H,4-5,10H2,1-3H3,(H,11,12,13,14). The Bertz CT molecular complexity index is 347. The van der Waals surface area contributed by atoms with Crippen molar-refractivity contribution in [1.29, 1.82) is 0 Å². The van der Waals surface area contributed by atoms with Crippen molar-refractivity contribution in [3.05, 3.63) is 0 Å². The van der Waals surface area contributed by atoms with E-state index in [1.165, 1.54) is 0 Å². The molecule has 0 aliphatic rings. The van der Waals surface area contributed by atoms with Crippen molar-refractivity contribution in [1.82, 2.24) is 15.0 Å². The van der Waals surface area contributed by atoms with E-state index in [2.05, 4.69) is 20.4 Å². The number of hydrazine groups is 1. The van der Waals surface area contributed by atoms with Crippen molar-refractivity contribution in [3.63, 3.8) is 0 Å². The highest BCUT2D eigenvalue weighted by Gasteiger charge is 2.09. The summed E-state index contributed by atoms with van der Waals surface area (Å²) in [7, 11) is 1.58. The summed E-state index contributed by atoms with van der Waals surface area (Å²) in [6, 6.07) is 0.302. The molecule has 1 heterocycles. The smallest absolute Gasteiger partial charge is 0.324 e. The first-order valence-electron chi connectivity index (χ1n) is 5.16. The van der Waals surface area contributed by atoms with Gasteiger partial charge in [-0.2, -0.15) is 9.97 Å². The van der Waals surface area contributed by atoms with Crippen LogP contribution >= 0.6 is 0 Å². The molecule has 1 aromatic heterocycles. The van der Waals surface area contributed by atoms with E-state index in [9.17, 15) is 0 Å². The summed E-state index contributed by atoms with van der Waals surface area (Å²) in [6.07, 6.45) is -0.0464. The lowest BCUT2D eigenvalue weighted by atomic mass is 10.5. The summed E-state index contributed by atoms with van der Waals surface area (Å²) >= 11 is 0. The van der Waals surface area contributed by atoms with Gasteiger partial charge in [-0.05, 0) is 13.8 Å². The third-order valence-corrected chi connectivity index (χ3v) is 1.58. The lowest BCUT2D eigenvalue weighted by molar-refractivity contribution is 0.138. The number of nitrogens with one attached hydrogen (secondary N) is 1. The molecule has 0 amide bonds. The van der Waals surface area contributed by atoms with Gasteiger partial charge in [-0.3, -0.25) is 5.43 Å². The quantitative estimate of drug-likeness (QED) is 0.391. The number of nitrogen functional groups attached to an aromatic ring is 1. The average molecular weight is 243 g/mol. The second kappa shape index (κ2) is 6.81. The van der Waals surface area contributed by atoms with E-state index in [0.717, 1.165) is 0 Å². The van der Waals surface area contributed by atoms with Crippen molar-refractivity contribution in [2.75, 3.05) is 25.7 Å². The van der Waals surface area contributed by atoms with E-state index in [-0.39, 0.29) is 24.1 Å². The normalized spacial score (nSPS) is 10.4.